The normalized spacial score (nSPS) is 12.4. The third-order valence-electron chi connectivity index (χ3n) is 6.88. The molecular weight excluding hydrogens is 420 g/mol. The molecule has 34 heavy (non-hydrogen) atoms. The number of aryl methyl sites for hydroxylation is 2. The summed E-state index contributed by atoms with van der Waals surface area (Å²) in [6.45, 7) is 24.1. The molecule has 0 aliphatic carbocycles. The van der Waals surface area contributed by atoms with E-state index in [0.29, 0.717) is 6.42 Å². The summed E-state index contributed by atoms with van der Waals surface area (Å²) in [5.74, 6) is 0.834. The standard InChI is InChI=1S/C31H42O3/c1-18-15-25(13-14-26(32)28-23(6)21(4)20(3)22(5)24(28)7)16-19(2)29(18)34-31(11,12)27(33)17-30(8,9)10/h13-16H,17H2,1-12H3/b14-13+. The molecule has 0 unspecified atom stereocenters. The Morgan fingerprint density at radius 2 is 1.21 bits per heavy atom. The molecule has 0 saturated carbocycles. The molecule has 2 aromatic carbocycles. The fourth-order valence-corrected chi connectivity index (χ4v) is 4.37. The van der Waals surface area contributed by atoms with Crippen LogP contribution in [-0.4, -0.2) is 17.2 Å². The Labute approximate surface area is 206 Å². The second-order valence-electron chi connectivity index (χ2n) is 11.5. The number of benzene rings is 2. The fraction of sp³-hybridized carbons (Fsp3) is 0.484. The predicted octanol–water partition coefficient (Wildman–Crippen LogP) is 7.90. The Morgan fingerprint density at radius 3 is 1.65 bits per heavy atom. The molecule has 0 atom stereocenters. The molecule has 0 aromatic heterocycles. The fourth-order valence-electron chi connectivity index (χ4n) is 4.37. The van der Waals surface area contributed by atoms with Crippen molar-refractivity contribution in [2.24, 2.45) is 5.41 Å². The number of rotatable bonds is 7. The number of ketones is 2. The molecule has 0 radical (unpaired) electrons. The van der Waals surface area contributed by atoms with Crippen LogP contribution < -0.4 is 4.74 Å². The van der Waals surface area contributed by atoms with Gasteiger partial charge in [-0.25, -0.2) is 0 Å². The minimum Gasteiger partial charge on any atom is -0.480 e. The topological polar surface area (TPSA) is 43.4 Å². The van der Waals surface area contributed by atoms with Gasteiger partial charge in [0, 0.05) is 12.0 Å². The number of allylic oxidation sites excluding steroid dienone is 1. The molecule has 0 heterocycles. The molecule has 0 spiro atoms. The van der Waals surface area contributed by atoms with E-state index in [0.717, 1.165) is 39.1 Å². The summed E-state index contributed by atoms with van der Waals surface area (Å²) in [7, 11) is 0. The summed E-state index contributed by atoms with van der Waals surface area (Å²) >= 11 is 0. The van der Waals surface area contributed by atoms with Crippen LogP contribution in [0.15, 0.2) is 18.2 Å². The summed E-state index contributed by atoms with van der Waals surface area (Å²) < 4.78 is 6.25. The van der Waals surface area contributed by atoms with Crippen molar-refractivity contribution in [3.63, 3.8) is 0 Å². The van der Waals surface area contributed by atoms with Crippen LogP contribution in [0, 0.1) is 53.9 Å². The molecule has 0 amide bonds. The number of ether oxygens (including phenoxy) is 1. The van der Waals surface area contributed by atoms with Crippen LogP contribution in [0.2, 0.25) is 0 Å². The molecule has 0 fully saturated rings. The van der Waals surface area contributed by atoms with Crippen LogP contribution in [0.1, 0.15) is 95.9 Å². The molecule has 0 saturated heterocycles. The lowest BCUT2D eigenvalue weighted by Crippen LogP contribution is -2.40. The van der Waals surface area contributed by atoms with Crippen molar-refractivity contribution in [3.8, 4) is 5.75 Å². The third-order valence-corrected chi connectivity index (χ3v) is 6.88. The third kappa shape index (κ3) is 6.05. The highest BCUT2D eigenvalue weighted by Crippen LogP contribution is 2.32. The van der Waals surface area contributed by atoms with Crippen molar-refractivity contribution >= 4 is 17.6 Å². The summed E-state index contributed by atoms with van der Waals surface area (Å²) in [5.41, 5.74) is 8.32. The molecule has 184 valence electrons. The number of Topliss-reactive ketones (excluding diaryl/α,β-unsaturated/α-hetero) is 1. The van der Waals surface area contributed by atoms with Crippen LogP contribution in [0.3, 0.4) is 0 Å². The van der Waals surface area contributed by atoms with Crippen molar-refractivity contribution in [2.45, 2.75) is 95.1 Å². The smallest absolute Gasteiger partial charge is 0.186 e. The van der Waals surface area contributed by atoms with E-state index in [1.807, 2.05) is 59.8 Å². The van der Waals surface area contributed by atoms with Crippen LogP contribution in [0.25, 0.3) is 6.08 Å². The van der Waals surface area contributed by atoms with Gasteiger partial charge >= 0.3 is 0 Å². The number of hydrogen-bond acceptors (Lipinski definition) is 3. The molecule has 0 N–H and O–H groups in total. The van der Waals surface area contributed by atoms with Gasteiger partial charge in [0.05, 0.1) is 0 Å². The molecular formula is C31H42O3. The van der Waals surface area contributed by atoms with Gasteiger partial charge in [0.1, 0.15) is 5.75 Å². The van der Waals surface area contributed by atoms with Gasteiger partial charge in [-0.1, -0.05) is 26.8 Å². The quantitative estimate of drug-likeness (QED) is 0.310. The average molecular weight is 463 g/mol. The minimum atomic E-state index is -0.910. The Morgan fingerprint density at radius 1 is 0.765 bits per heavy atom. The van der Waals surface area contributed by atoms with E-state index in [9.17, 15) is 9.59 Å². The second-order valence-corrected chi connectivity index (χ2v) is 11.5. The lowest BCUT2D eigenvalue weighted by molar-refractivity contribution is -0.133. The van der Waals surface area contributed by atoms with Gasteiger partial charge in [-0.15, -0.1) is 0 Å². The molecule has 0 bridgehead atoms. The Balaban J connectivity index is 2.33. The van der Waals surface area contributed by atoms with E-state index in [4.69, 9.17) is 4.74 Å². The highest BCUT2D eigenvalue weighted by molar-refractivity contribution is 6.09. The maximum atomic E-state index is 13.1. The average Bonchev–Trinajstić information content (AvgIpc) is 2.71. The lowest BCUT2D eigenvalue weighted by atomic mass is 9.85. The molecule has 0 aliphatic heterocycles. The first-order valence-corrected chi connectivity index (χ1v) is 12.1. The van der Waals surface area contributed by atoms with Crippen molar-refractivity contribution in [1.82, 2.24) is 0 Å². The summed E-state index contributed by atoms with van der Waals surface area (Å²) in [6, 6.07) is 4.00. The van der Waals surface area contributed by atoms with Gasteiger partial charge in [-0.2, -0.15) is 0 Å². The predicted molar refractivity (Wildman–Crippen MR) is 143 cm³/mol. The van der Waals surface area contributed by atoms with E-state index < -0.39 is 5.60 Å². The van der Waals surface area contributed by atoms with Crippen LogP contribution in [0.4, 0.5) is 0 Å². The van der Waals surface area contributed by atoms with Gasteiger partial charge in [-0.05, 0) is 130 Å². The maximum Gasteiger partial charge on any atom is 0.186 e. The second kappa shape index (κ2) is 9.90. The first-order valence-electron chi connectivity index (χ1n) is 12.1. The Kier molecular flexibility index (Phi) is 8.02. The zero-order valence-electron chi connectivity index (χ0n) is 23.2. The zero-order valence-corrected chi connectivity index (χ0v) is 23.2. The largest absolute Gasteiger partial charge is 0.480 e. The van der Waals surface area contributed by atoms with Gasteiger partial charge in [0.2, 0.25) is 0 Å². The molecule has 2 rings (SSSR count). The van der Waals surface area contributed by atoms with Gasteiger partial charge in [0.25, 0.3) is 0 Å². The zero-order chi connectivity index (χ0) is 26.2. The number of hydrogen-bond donors (Lipinski definition) is 0. The van der Waals surface area contributed by atoms with Crippen LogP contribution >= 0.6 is 0 Å². The van der Waals surface area contributed by atoms with Crippen molar-refractivity contribution < 1.29 is 14.3 Å². The summed E-state index contributed by atoms with van der Waals surface area (Å²) in [5, 5.41) is 0. The van der Waals surface area contributed by atoms with Crippen molar-refractivity contribution in [2.75, 3.05) is 0 Å². The maximum absolute atomic E-state index is 13.1. The number of carbonyl (C=O) groups is 2. The summed E-state index contributed by atoms with van der Waals surface area (Å²) in [4.78, 5) is 26.0. The highest BCUT2D eigenvalue weighted by Gasteiger charge is 2.33. The SMILES string of the molecule is Cc1cc(/C=C/C(=O)c2c(C)c(C)c(C)c(C)c2C)cc(C)c1OC(C)(C)C(=O)CC(C)(C)C. The van der Waals surface area contributed by atoms with Crippen molar-refractivity contribution in [1.29, 1.82) is 0 Å². The van der Waals surface area contributed by atoms with Crippen LogP contribution in [-0.2, 0) is 4.79 Å². The molecule has 3 heteroatoms. The van der Waals surface area contributed by atoms with E-state index in [2.05, 4.69) is 41.5 Å². The van der Waals surface area contributed by atoms with E-state index >= 15 is 0 Å². The molecule has 2 aromatic rings. The Hall–Kier alpha value is -2.68. The monoisotopic (exact) mass is 462 g/mol. The lowest BCUT2D eigenvalue weighted by Gasteiger charge is -2.30. The first kappa shape index (κ1) is 27.6. The van der Waals surface area contributed by atoms with Crippen LogP contribution in [0.5, 0.6) is 5.75 Å². The molecule has 3 nitrogen and oxygen atoms in total. The number of carbonyl (C=O) groups excluding carboxylic acids is 2. The van der Waals surface area contributed by atoms with Crippen molar-refractivity contribution in [3.05, 3.63) is 68.3 Å². The Bertz CT molecular complexity index is 1100. The van der Waals surface area contributed by atoms with Gasteiger partial charge in [-0.3, -0.25) is 9.59 Å². The minimum absolute atomic E-state index is 0.0192. The first-order chi connectivity index (χ1) is 15.5. The van der Waals surface area contributed by atoms with E-state index in [1.54, 1.807) is 6.08 Å². The van der Waals surface area contributed by atoms with Gasteiger partial charge < -0.3 is 4.74 Å². The highest BCUT2D eigenvalue weighted by atomic mass is 16.5. The molecule has 0 aliphatic rings. The van der Waals surface area contributed by atoms with E-state index in [1.165, 1.54) is 16.7 Å². The van der Waals surface area contributed by atoms with Gasteiger partial charge in [0.15, 0.2) is 17.2 Å². The van der Waals surface area contributed by atoms with E-state index in [-0.39, 0.29) is 17.0 Å². The summed E-state index contributed by atoms with van der Waals surface area (Å²) in [6.07, 6.45) is 3.98.